The van der Waals surface area contributed by atoms with Crippen molar-refractivity contribution in [2.24, 2.45) is 0 Å². The molecule has 0 spiro atoms. The van der Waals surface area contributed by atoms with Crippen LogP contribution in [0.1, 0.15) is 40.5 Å². The molecule has 3 aromatic rings. The fourth-order valence-corrected chi connectivity index (χ4v) is 2.80. The molecule has 5 nitrogen and oxygen atoms in total. The fourth-order valence-electron chi connectivity index (χ4n) is 2.80. The highest BCUT2D eigenvalue weighted by atomic mass is 19.1. The van der Waals surface area contributed by atoms with E-state index in [4.69, 9.17) is 0 Å². The summed E-state index contributed by atoms with van der Waals surface area (Å²) in [6.07, 6.45) is 4.10. The van der Waals surface area contributed by atoms with Gasteiger partial charge in [-0.15, -0.1) is 0 Å². The van der Waals surface area contributed by atoms with Crippen molar-refractivity contribution in [2.75, 3.05) is 10.6 Å². The Morgan fingerprint density at radius 2 is 1.96 bits per heavy atom. The van der Waals surface area contributed by atoms with Gasteiger partial charge in [0.2, 0.25) is 0 Å². The topological polar surface area (TPSA) is 66.9 Å². The fraction of sp³-hybridized carbons (Fsp3) is 0.190. The number of anilines is 2. The normalized spacial score (nSPS) is 13.2. The van der Waals surface area contributed by atoms with Gasteiger partial charge in [-0.25, -0.2) is 14.4 Å². The number of amides is 1. The van der Waals surface area contributed by atoms with Crippen molar-refractivity contribution in [1.82, 2.24) is 9.97 Å². The lowest BCUT2D eigenvalue weighted by molar-refractivity contribution is 0.102. The zero-order valence-electron chi connectivity index (χ0n) is 14.7. The van der Waals surface area contributed by atoms with Gasteiger partial charge in [0.05, 0.1) is 0 Å². The molecule has 0 aliphatic heterocycles. The van der Waals surface area contributed by atoms with Crippen LogP contribution in [-0.2, 0) is 6.54 Å². The molecule has 0 bridgehead atoms. The standard InChI is InChI=1S/C21H19FN4O/c22-17-5-2-4-16(12-17)21(27)25-18-6-1-3-14(11-18)13-24-19-9-10-23-20(26-19)15-7-8-15/h1-6,9-12,15H,7-8,13H2,(H,25,27)(H,23,24,26). The first-order chi connectivity index (χ1) is 13.2. The number of carbonyl (C=O) groups excluding carboxylic acids is 1. The van der Waals surface area contributed by atoms with Crippen molar-refractivity contribution in [1.29, 1.82) is 0 Å². The maximum Gasteiger partial charge on any atom is 0.255 e. The number of aromatic nitrogens is 2. The first-order valence-electron chi connectivity index (χ1n) is 8.90. The molecule has 136 valence electrons. The minimum atomic E-state index is -0.434. The molecule has 0 saturated heterocycles. The largest absolute Gasteiger partial charge is 0.366 e. The molecule has 27 heavy (non-hydrogen) atoms. The highest BCUT2D eigenvalue weighted by Gasteiger charge is 2.26. The van der Waals surface area contributed by atoms with Crippen LogP contribution in [0.25, 0.3) is 0 Å². The zero-order valence-corrected chi connectivity index (χ0v) is 14.7. The minimum Gasteiger partial charge on any atom is -0.366 e. The summed E-state index contributed by atoms with van der Waals surface area (Å²) < 4.78 is 13.3. The average molecular weight is 362 g/mol. The Labute approximate surface area is 156 Å². The molecule has 2 aromatic carbocycles. The van der Waals surface area contributed by atoms with Crippen molar-refractivity contribution in [3.63, 3.8) is 0 Å². The van der Waals surface area contributed by atoms with E-state index < -0.39 is 5.82 Å². The van der Waals surface area contributed by atoms with E-state index in [1.54, 1.807) is 18.3 Å². The van der Waals surface area contributed by atoms with Gasteiger partial charge in [0.15, 0.2) is 0 Å². The SMILES string of the molecule is O=C(Nc1cccc(CNc2ccnc(C3CC3)n2)c1)c1cccc(F)c1. The first kappa shape index (κ1) is 17.1. The number of hydrogen-bond donors (Lipinski definition) is 2. The van der Waals surface area contributed by atoms with Crippen LogP contribution in [0, 0.1) is 5.82 Å². The van der Waals surface area contributed by atoms with Crippen LogP contribution in [0.2, 0.25) is 0 Å². The van der Waals surface area contributed by atoms with Crippen molar-refractivity contribution in [2.45, 2.75) is 25.3 Å². The van der Waals surface area contributed by atoms with E-state index in [9.17, 15) is 9.18 Å². The Bertz CT molecular complexity index is 972. The maximum absolute atomic E-state index is 13.3. The van der Waals surface area contributed by atoms with Crippen LogP contribution >= 0.6 is 0 Å². The summed E-state index contributed by atoms with van der Waals surface area (Å²) in [5, 5.41) is 6.09. The van der Waals surface area contributed by atoms with Gasteiger partial charge < -0.3 is 10.6 Å². The summed E-state index contributed by atoms with van der Waals surface area (Å²) >= 11 is 0. The number of nitrogens with zero attached hydrogens (tertiary/aromatic N) is 2. The second-order valence-corrected chi connectivity index (χ2v) is 6.59. The molecule has 1 saturated carbocycles. The van der Waals surface area contributed by atoms with Crippen molar-refractivity contribution in [3.8, 4) is 0 Å². The van der Waals surface area contributed by atoms with E-state index in [1.807, 2.05) is 24.3 Å². The van der Waals surface area contributed by atoms with E-state index >= 15 is 0 Å². The molecule has 0 radical (unpaired) electrons. The van der Waals surface area contributed by atoms with E-state index in [2.05, 4.69) is 20.6 Å². The molecule has 6 heteroatoms. The van der Waals surface area contributed by atoms with Gasteiger partial charge in [-0.1, -0.05) is 18.2 Å². The molecule has 1 heterocycles. The van der Waals surface area contributed by atoms with Gasteiger partial charge in [0, 0.05) is 29.9 Å². The summed E-state index contributed by atoms with van der Waals surface area (Å²) in [6, 6.07) is 15.0. The monoisotopic (exact) mass is 362 g/mol. The predicted octanol–water partition coefficient (Wildman–Crippen LogP) is 4.36. The third kappa shape index (κ3) is 4.47. The van der Waals surface area contributed by atoms with E-state index in [0.717, 1.165) is 30.0 Å². The maximum atomic E-state index is 13.3. The lowest BCUT2D eigenvalue weighted by Crippen LogP contribution is -2.12. The molecule has 1 aliphatic rings. The van der Waals surface area contributed by atoms with Gasteiger partial charge in [-0.3, -0.25) is 4.79 Å². The Morgan fingerprint density at radius 1 is 1.11 bits per heavy atom. The predicted molar refractivity (Wildman–Crippen MR) is 102 cm³/mol. The Hall–Kier alpha value is -3.28. The molecule has 4 rings (SSSR count). The van der Waals surface area contributed by atoms with Crippen molar-refractivity contribution >= 4 is 17.4 Å². The Kier molecular flexibility index (Phi) is 4.78. The zero-order chi connectivity index (χ0) is 18.6. The average Bonchev–Trinajstić information content (AvgIpc) is 3.52. The molecule has 0 atom stereocenters. The Morgan fingerprint density at radius 3 is 2.78 bits per heavy atom. The highest BCUT2D eigenvalue weighted by Crippen LogP contribution is 2.38. The van der Waals surface area contributed by atoms with E-state index in [0.29, 0.717) is 18.2 Å². The van der Waals surface area contributed by atoms with Gasteiger partial charge in [0.1, 0.15) is 17.5 Å². The second-order valence-electron chi connectivity index (χ2n) is 6.59. The van der Waals surface area contributed by atoms with Gasteiger partial charge in [-0.05, 0) is 54.8 Å². The summed E-state index contributed by atoms with van der Waals surface area (Å²) in [6.45, 7) is 0.574. The van der Waals surface area contributed by atoms with Gasteiger partial charge in [-0.2, -0.15) is 0 Å². The second kappa shape index (κ2) is 7.53. The quantitative estimate of drug-likeness (QED) is 0.684. The number of nitrogens with one attached hydrogen (secondary N) is 2. The number of rotatable bonds is 6. The summed E-state index contributed by atoms with van der Waals surface area (Å²) in [4.78, 5) is 21.1. The van der Waals surface area contributed by atoms with Crippen molar-refractivity contribution in [3.05, 3.63) is 83.6 Å². The lowest BCUT2D eigenvalue weighted by Gasteiger charge is -2.10. The van der Waals surface area contributed by atoms with Crippen LogP contribution < -0.4 is 10.6 Å². The summed E-state index contributed by atoms with van der Waals surface area (Å²) in [5.74, 6) is 1.42. The summed E-state index contributed by atoms with van der Waals surface area (Å²) in [7, 11) is 0. The number of carbonyl (C=O) groups is 1. The molecular weight excluding hydrogens is 343 g/mol. The van der Waals surface area contributed by atoms with Gasteiger partial charge in [0.25, 0.3) is 5.91 Å². The van der Waals surface area contributed by atoms with Crippen LogP contribution in [0.3, 0.4) is 0 Å². The third-order valence-electron chi connectivity index (χ3n) is 4.36. The van der Waals surface area contributed by atoms with E-state index in [-0.39, 0.29) is 11.5 Å². The molecule has 1 amide bonds. The van der Waals surface area contributed by atoms with Crippen LogP contribution in [0.5, 0.6) is 0 Å². The van der Waals surface area contributed by atoms with Crippen LogP contribution in [0.15, 0.2) is 60.8 Å². The summed E-state index contributed by atoms with van der Waals surface area (Å²) in [5.41, 5.74) is 1.94. The minimum absolute atomic E-state index is 0.284. The Balaban J connectivity index is 1.40. The van der Waals surface area contributed by atoms with Crippen LogP contribution in [-0.4, -0.2) is 15.9 Å². The smallest absolute Gasteiger partial charge is 0.255 e. The lowest BCUT2D eigenvalue weighted by atomic mass is 10.1. The van der Waals surface area contributed by atoms with Gasteiger partial charge >= 0.3 is 0 Å². The molecule has 0 unspecified atom stereocenters. The number of hydrogen-bond acceptors (Lipinski definition) is 4. The molecule has 2 N–H and O–H groups in total. The molecule has 1 aromatic heterocycles. The third-order valence-corrected chi connectivity index (χ3v) is 4.36. The number of benzene rings is 2. The highest BCUT2D eigenvalue weighted by molar-refractivity contribution is 6.04. The molecule has 1 fully saturated rings. The molecular formula is C21H19FN4O. The van der Waals surface area contributed by atoms with Crippen molar-refractivity contribution < 1.29 is 9.18 Å². The van der Waals surface area contributed by atoms with E-state index in [1.165, 1.54) is 18.2 Å². The first-order valence-corrected chi connectivity index (χ1v) is 8.90. The number of halogens is 1. The molecule has 1 aliphatic carbocycles. The van der Waals surface area contributed by atoms with Crippen LogP contribution in [0.4, 0.5) is 15.9 Å².